The molecule has 1 aliphatic carbocycles. The highest BCUT2D eigenvalue weighted by Gasteiger charge is 2.27. The van der Waals surface area contributed by atoms with Crippen molar-refractivity contribution >= 4 is 22.7 Å². The SMILES string of the molecule is C=C1Nc2ccc(OC)c(-c3ccc(C(C)N(N)C4CCCC4)cc3)c2-c2ccsc21. The van der Waals surface area contributed by atoms with Crippen molar-refractivity contribution in [2.45, 2.75) is 44.7 Å². The van der Waals surface area contributed by atoms with Gasteiger partial charge in [-0.1, -0.05) is 43.7 Å². The van der Waals surface area contributed by atoms with E-state index < -0.39 is 0 Å². The molecule has 0 amide bonds. The average molecular weight is 432 g/mol. The maximum absolute atomic E-state index is 6.49. The summed E-state index contributed by atoms with van der Waals surface area (Å²) in [5.74, 6) is 7.37. The van der Waals surface area contributed by atoms with Gasteiger partial charge in [-0.25, -0.2) is 5.01 Å². The molecule has 31 heavy (non-hydrogen) atoms. The van der Waals surface area contributed by atoms with E-state index >= 15 is 0 Å². The zero-order valence-corrected chi connectivity index (χ0v) is 19.0. The molecule has 0 radical (unpaired) electrons. The van der Waals surface area contributed by atoms with Crippen LogP contribution in [-0.4, -0.2) is 18.2 Å². The maximum Gasteiger partial charge on any atom is 0.127 e. The van der Waals surface area contributed by atoms with Gasteiger partial charge >= 0.3 is 0 Å². The van der Waals surface area contributed by atoms with Crippen LogP contribution in [-0.2, 0) is 0 Å². The van der Waals surface area contributed by atoms with Crippen LogP contribution in [0.15, 0.2) is 54.4 Å². The number of nitrogens with two attached hydrogens (primary N) is 1. The monoisotopic (exact) mass is 431 g/mol. The molecule has 0 bridgehead atoms. The fraction of sp³-hybridized carbons (Fsp3) is 0.308. The van der Waals surface area contributed by atoms with Gasteiger partial charge in [0.25, 0.3) is 0 Å². The third kappa shape index (κ3) is 3.47. The van der Waals surface area contributed by atoms with E-state index in [9.17, 15) is 0 Å². The second-order valence-corrected chi connectivity index (χ2v) is 9.43. The molecule has 1 aliphatic heterocycles. The Labute approximate surface area is 188 Å². The van der Waals surface area contributed by atoms with E-state index in [0.29, 0.717) is 6.04 Å². The number of anilines is 1. The van der Waals surface area contributed by atoms with E-state index in [0.717, 1.165) is 28.3 Å². The van der Waals surface area contributed by atoms with Crippen LogP contribution >= 0.6 is 11.3 Å². The zero-order valence-electron chi connectivity index (χ0n) is 18.2. The molecule has 3 N–H and O–H groups in total. The molecular weight excluding hydrogens is 402 g/mol. The molecule has 5 heteroatoms. The molecule has 160 valence electrons. The first-order chi connectivity index (χ1) is 15.1. The van der Waals surface area contributed by atoms with E-state index in [2.05, 4.69) is 65.6 Å². The topological polar surface area (TPSA) is 50.5 Å². The van der Waals surface area contributed by atoms with E-state index in [1.165, 1.54) is 47.3 Å². The van der Waals surface area contributed by atoms with Gasteiger partial charge in [-0.2, -0.15) is 0 Å². The molecular formula is C26H29N3OS. The molecule has 1 fully saturated rings. The quantitative estimate of drug-likeness (QED) is 0.350. The fourth-order valence-corrected chi connectivity index (χ4v) is 5.83. The van der Waals surface area contributed by atoms with Crippen LogP contribution in [0.25, 0.3) is 28.0 Å². The maximum atomic E-state index is 6.49. The number of hydrogen-bond donors (Lipinski definition) is 2. The number of rotatable bonds is 5. The number of fused-ring (bicyclic) bond motifs is 3. The number of thiophene rings is 1. The smallest absolute Gasteiger partial charge is 0.127 e. The highest BCUT2D eigenvalue weighted by atomic mass is 32.1. The number of hydrazine groups is 1. The lowest BCUT2D eigenvalue weighted by Crippen LogP contribution is -2.41. The van der Waals surface area contributed by atoms with Gasteiger partial charge in [0.2, 0.25) is 0 Å². The predicted molar refractivity (Wildman–Crippen MR) is 131 cm³/mol. The largest absolute Gasteiger partial charge is 0.496 e. The molecule has 2 aliphatic rings. The van der Waals surface area contributed by atoms with Crippen molar-refractivity contribution in [3.8, 4) is 28.0 Å². The zero-order chi connectivity index (χ0) is 21.5. The molecule has 0 saturated heterocycles. The molecule has 3 aromatic rings. The highest BCUT2D eigenvalue weighted by molar-refractivity contribution is 7.11. The Bertz CT molecular complexity index is 1110. The summed E-state index contributed by atoms with van der Waals surface area (Å²) in [7, 11) is 1.74. The predicted octanol–water partition coefficient (Wildman–Crippen LogP) is 6.67. The first-order valence-corrected chi connectivity index (χ1v) is 11.8. The Hall–Kier alpha value is -2.60. The number of nitrogens with one attached hydrogen (secondary N) is 1. The number of methoxy groups -OCH3 is 1. The normalized spacial score (nSPS) is 16.7. The Balaban J connectivity index is 1.54. The van der Waals surface area contributed by atoms with Crippen LogP contribution in [0.4, 0.5) is 5.69 Å². The summed E-state index contributed by atoms with van der Waals surface area (Å²) in [5.41, 5.74) is 7.90. The lowest BCUT2D eigenvalue weighted by molar-refractivity contribution is 0.148. The van der Waals surface area contributed by atoms with Crippen LogP contribution < -0.4 is 15.9 Å². The van der Waals surface area contributed by atoms with Crippen LogP contribution in [0.3, 0.4) is 0 Å². The van der Waals surface area contributed by atoms with Gasteiger partial charge in [0.05, 0.1) is 12.0 Å². The van der Waals surface area contributed by atoms with Gasteiger partial charge in [0.15, 0.2) is 0 Å². The molecule has 0 spiro atoms. The van der Waals surface area contributed by atoms with Crippen LogP contribution in [0.5, 0.6) is 5.75 Å². The summed E-state index contributed by atoms with van der Waals surface area (Å²) in [6, 6.07) is 15.8. The third-order valence-corrected chi connectivity index (χ3v) is 7.73. The van der Waals surface area contributed by atoms with Crippen molar-refractivity contribution in [1.29, 1.82) is 0 Å². The van der Waals surface area contributed by atoms with E-state index in [4.69, 9.17) is 10.6 Å². The third-order valence-electron chi connectivity index (χ3n) is 6.76. The first-order valence-electron chi connectivity index (χ1n) is 11.0. The van der Waals surface area contributed by atoms with Crippen LogP contribution in [0, 0.1) is 0 Å². The second kappa shape index (κ2) is 8.15. The molecule has 1 unspecified atom stereocenters. The van der Waals surface area contributed by atoms with Crippen LogP contribution in [0.2, 0.25) is 0 Å². The van der Waals surface area contributed by atoms with Gasteiger partial charge in [-0.3, -0.25) is 5.84 Å². The number of nitrogens with zero attached hydrogens (tertiary/aromatic N) is 1. The van der Waals surface area contributed by atoms with Gasteiger partial charge < -0.3 is 10.1 Å². The summed E-state index contributed by atoms with van der Waals surface area (Å²) in [5, 5.41) is 7.66. The van der Waals surface area contributed by atoms with Gasteiger partial charge in [0, 0.05) is 40.2 Å². The Morgan fingerprint density at radius 3 is 2.55 bits per heavy atom. The lowest BCUT2D eigenvalue weighted by Gasteiger charge is -2.30. The molecule has 5 rings (SSSR count). The standard InChI is InChI=1S/C26H29N3OS/c1-16-26-21(14-15-31-26)25-22(28-16)12-13-23(30-3)24(25)19-10-8-18(9-11-19)17(2)29(27)20-6-4-5-7-20/h8-15,17,20,28H,1,4-7,27H2,2-3H3. The highest BCUT2D eigenvalue weighted by Crippen LogP contribution is 2.50. The van der Waals surface area contributed by atoms with E-state index in [1.54, 1.807) is 18.4 Å². The minimum Gasteiger partial charge on any atom is -0.496 e. The minimum atomic E-state index is 0.192. The fourth-order valence-electron chi connectivity index (χ4n) is 5.00. The molecule has 1 aromatic heterocycles. The van der Waals surface area contributed by atoms with Crippen molar-refractivity contribution in [2.24, 2.45) is 5.84 Å². The molecule has 2 aromatic carbocycles. The number of hydrogen-bond acceptors (Lipinski definition) is 5. The molecule has 4 nitrogen and oxygen atoms in total. The van der Waals surface area contributed by atoms with Gasteiger partial charge in [0.1, 0.15) is 5.75 Å². The van der Waals surface area contributed by atoms with E-state index in [-0.39, 0.29) is 6.04 Å². The molecule has 1 saturated carbocycles. The van der Waals surface area contributed by atoms with Gasteiger partial charge in [-0.15, -0.1) is 11.3 Å². The molecule has 1 atom stereocenters. The van der Waals surface area contributed by atoms with Crippen molar-refractivity contribution in [2.75, 3.05) is 12.4 Å². The number of benzene rings is 2. The summed E-state index contributed by atoms with van der Waals surface area (Å²) < 4.78 is 5.79. The first kappa shape index (κ1) is 20.3. The van der Waals surface area contributed by atoms with Crippen molar-refractivity contribution < 1.29 is 4.74 Å². The molecule has 2 heterocycles. The van der Waals surface area contributed by atoms with Gasteiger partial charge in [-0.05, 0) is 54.5 Å². The lowest BCUT2D eigenvalue weighted by atomic mass is 9.89. The van der Waals surface area contributed by atoms with E-state index in [1.807, 2.05) is 6.07 Å². The van der Waals surface area contributed by atoms with Crippen molar-refractivity contribution in [3.63, 3.8) is 0 Å². The summed E-state index contributed by atoms with van der Waals surface area (Å²) in [4.78, 5) is 1.18. The van der Waals surface area contributed by atoms with Crippen LogP contribution in [0.1, 0.15) is 49.1 Å². The number of ether oxygens (including phenoxy) is 1. The second-order valence-electron chi connectivity index (χ2n) is 8.52. The summed E-state index contributed by atoms with van der Waals surface area (Å²) in [6.07, 6.45) is 4.98. The van der Waals surface area contributed by atoms with Crippen molar-refractivity contribution in [3.05, 3.63) is 64.9 Å². The van der Waals surface area contributed by atoms with Crippen molar-refractivity contribution in [1.82, 2.24) is 5.01 Å². The summed E-state index contributed by atoms with van der Waals surface area (Å²) >= 11 is 1.71. The minimum absolute atomic E-state index is 0.192. The Morgan fingerprint density at radius 2 is 1.84 bits per heavy atom. The average Bonchev–Trinajstić information content (AvgIpc) is 3.50. The Kier molecular flexibility index (Phi) is 5.34. The summed E-state index contributed by atoms with van der Waals surface area (Å²) in [6.45, 7) is 6.40. The Morgan fingerprint density at radius 1 is 1.10 bits per heavy atom.